The second-order valence-electron chi connectivity index (χ2n) is 2.82. The van der Waals surface area contributed by atoms with Gasteiger partial charge in [-0.05, 0) is 19.1 Å². The summed E-state index contributed by atoms with van der Waals surface area (Å²) in [6.45, 7) is 1.75. The van der Waals surface area contributed by atoms with Gasteiger partial charge in [0.2, 0.25) is 0 Å². The number of benzene rings is 1. The van der Waals surface area contributed by atoms with E-state index in [4.69, 9.17) is 23.2 Å². The molecule has 80 valence electrons. The number of halogens is 2. The van der Waals surface area contributed by atoms with Gasteiger partial charge in [-0.1, -0.05) is 35.3 Å². The van der Waals surface area contributed by atoms with Gasteiger partial charge in [-0.3, -0.25) is 0 Å². The number of carbonyl (C=O) groups excluding carboxylic acids is 1. The zero-order valence-corrected chi connectivity index (χ0v) is 9.89. The predicted octanol–water partition coefficient (Wildman–Crippen LogP) is 3.57. The number of esters is 1. The highest BCUT2D eigenvalue weighted by molar-refractivity contribution is 6.37. The summed E-state index contributed by atoms with van der Waals surface area (Å²) >= 11 is 11.7. The Morgan fingerprint density at radius 2 is 2.07 bits per heavy atom. The van der Waals surface area contributed by atoms with Crippen LogP contribution in [-0.2, 0) is 9.53 Å². The molecule has 0 aromatic heterocycles. The molecule has 0 aliphatic rings. The number of methoxy groups -OCH3 is 1. The average molecular weight is 245 g/mol. The van der Waals surface area contributed by atoms with Crippen LogP contribution in [0.2, 0.25) is 10.0 Å². The Balaban J connectivity index is 3.20. The Hall–Kier alpha value is -0.990. The van der Waals surface area contributed by atoms with Gasteiger partial charge in [0.1, 0.15) is 0 Å². The normalized spacial score (nSPS) is 11.3. The van der Waals surface area contributed by atoms with Crippen LogP contribution in [0.15, 0.2) is 24.3 Å². The van der Waals surface area contributed by atoms with Crippen molar-refractivity contribution in [1.29, 1.82) is 0 Å². The molecular weight excluding hydrogens is 235 g/mol. The summed E-state index contributed by atoms with van der Waals surface area (Å²) in [5, 5.41) is 0.963. The van der Waals surface area contributed by atoms with Crippen molar-refractivity contribution in [3.05, 3.63) is 39.9 Å². The summed E-state index contributed by atoms with van der Waals surface area (Å²) in [6.07, 6.45) is 1.65. The van der Waals surface area contributed by atoms with Gasteiger partial charge in [-0.15, -0.1) is 0 Å². The quantitative estimate of drug-likeness (QED) is 0.588. The Labute approximate surface area is 98.4 Å². The Morgan fingerprint density at radius 3 is 2.53 bits per heavy atom. The van der Waals surface area contributed by atoms with Crippen molar-refractivity contribution in [3.8, 4) is 0 Å². The van der Waals surface area contributed by atoms with E-state index in [-0.39, 0.29) is 0 Å². The smallest absolute Gasteiger partial charge is 0.338 e. The van der Waals surface area contributed by atoms with E-state index >= 15 is 0 Å². The van der Waals surface area contributed by atoms with Crippen LogP contribution in [-0.4, -0.2) is 13.1 Å². The second kappa shape index (κ2) is 5.19. The first kappa shape index (κ1) is 12.1. The van der Waals surface area contributed by atoms with Crippen LogP contribution in [0.3, 0.4) is 0 Å². The summed E-state index contributed by atoms with van der Waals surface area (Å²) in [7, 11) is 1.33. The minimum absolute atomic E-state index is 0.415. The lowest BCUT2D eigenvalue weighted by molar-refractivity contribution is -0.133. The third-order valence-corrected chi connectivity index (χ3v) is 2.46. The van der Waals surface area contributed by atoms with Crippen LogP contribution >= 0.6 is 23.2 Å². The third-order valence-electron chi connectivity index (χ3n) is 1.92. The van der Waals surface area contributed by atoms with E-state index in [1.54, 1.807) is 31.2 Å². The highest BCUT2D eigenvalue weighted by Gasteiger charge is 2.14. The van der Waals surface area contributed by atoms with Crippen molar-refractivity contribution in [2.45, 2.75) is 6.92 Å². The van der Waals surface area contributed by atoms with E-state index in [1.165, 1.54) is 7.11 Å². The molecule has 1 aromatic rings. The van der Waals surface area contributed by atoms with Gasteiger partial charge in [0.15, 0.2) is 0 Å². The standard InChI is InChI=1S/C11H10Cl2O2/c1-3-8(11(14)15-2)9-5-4-7(12)6-10(9)13/h3-6H,1-2H3/b8-3+. The average Bonchev–Trinajstić information content (AvgIpc) is 2.21. The topological polar surface area (TPSA) is 26.3 Å². The number of carbonyl (C=O) groups is 1. The lowest BCUT2D eigenvalue weighted by atomic mass is 10.1. The Bertz CT molecular complexity index is 411. The van der Waals surface area contributed by atoms with Crippen LogP contribution in [0.5, 0.6) is 0 Å². The van der Waals surface area contributed by atoms with Crippen LogP contribution in [0, 0.1) is 0 Å². The van der Waals surface area contributed by atoms with Gasteiger partial charge >= 0.3 is 5.97 Å². The molecule has 2 nitrogen and oxygen atoms in total. The maximum Gasteiger partial charge on any atom is 0.338 e. The molecular formula is C11H10Cl2O2. The fourth-order valence-electron chi connectivity index (χ4n) is 1.20. The van der Waals surface area contributed by atoms with Gasteiger partial charge in [0.05, 0.1) is 17.7 Å². The first-order valence-electron chi connectivity index (χ1n) is 4.30. The fourth-order valence-corrected chi connectivity index (χ4v) is 1.71. The largest absolute Gasteiger partial charge is 0.465 e. The summed E-state index contributed by atoms with van der Waals surface area (Å²) in [5.41, 5.74) is 1.05. The van der Waals surface area contributed by atoms with E-state index in [0.29, 0.717) is 21.2 Å². The molecule has 0 saturated heterocycles. The molecule has 15 heavy (non-hydrogen) atoms. The molecule has 0 aliphatic carbocycles. The van der Waals surface area contributed by atoms with Crippen molar-refractivity contribution in [3.63, 3.8) is 0 Å². The van der Waals surface area contributed by atoms with Gasteiger partial charge in [-0.2, -0.15) is 0 Å². The van der Waals surface area contributed by atoms with Gasteiger partial charge < -0.3 is 4.74 Å². The van der Waals surface area contributed by atoms with Crippen molar-refractivity contribution in [2.75, 3.05) is 7.11 Å². The molecule has 0 bridgehead atoms. The first-order chi connectivity index (χ1) is 7.10. The van der Waals surface area contributed by atoms with Crippen molar-refractivity contribution in [1.82, 2.24) is 0 Å². The van der Waals surface area contributed by atoms with E-state index < -0.39 is 5.97 Å². The van der Waals surface area contributed by atoms with E-state index in [2.05, 4.69) is 4.74 Å². The Kier molecular flexibility index (Phi) is 4.18. The molecule has 0 fully saturated rings. The maximum atomic E-state index is 11.4. The lowest BCUT2D eigenvalue weighted by Crippen LogP contribution is -2.04. The van der Waals surface area contributed by atoms with Gasteiger partial charge in [-0.25, -0.2) is 4.79 Å². The summed E-state index contributed by atoms with van der Waals surface area (Å²) in [4.78, 5) is 11.4. The maximum absolute atomic E-state index is 11.4. The molecule has 0 heterocycles. The number of ether oxygens (including phenoxy) is 1. The van der Waals surface area contributed by atoms with Gasteiger partial charge in [0, 0.05) is 10.6 Å². The second-order valence-corrected chi connectivity index (χ2v) is 3.66. The van der Waals surface area contributed by atoms with Crippen molar-refractivity contribution < 1.29 is 9.53 Å². The zero-order chi connectivity index (χ0) is 11.4. The van der Waals surface area contributed by atoms with Gasteiger partial charge in [0.25, 0.3) is 0 Å². The van der Waals surface area contributed by atoms with Crippen molar-refractivity contribution in [2.24, 2.45) is 0 Å². The summed E-state index contributed by atoms with van der Waals surface area (Å²) in [6, 6.07) is 4.96. The van der Waals surface area contributed by atoms with E-state index in [0.717, 1.165) is 0 Å². The number of rotatable bonds is 2. The highest BCUT2D eigenvalue weighted by Crippen LogP contribution is 2.27. The number of hydrogen-bond donors (Lipinski definition) is 0. The summed E-state index contributed by atoms with van der Waals surface area (Å²) in [5.74, 6) is -0.415. The molecule has 0 atom stereocenters. The van der Waals surface area contributed by atoms with Crippen LogP contribution in [0.4, 0.5) is 0 Å². The lowest BCUT2D eigenvalue weighted by Gasteiger charge is -2.07. The van der Waals surface area contributed by atoms with E-state index in [9.17, 15) is 4.79 Å². The zero-order valence-electron chi connectivity index (χ0n) is 8.38. The minimum Gasteiger partial charge on any atom is -0.465 e. The first-order valence-corrected chi connectivity index (χ1v) is 5.05. The minimum atomic E-state index is -0.415. The molecule has 0 radical (unpaired) electrons. The monoisotopic (exact) mass is 244 g/mol. The molecule has 0 amide bonds. The predicted molar refractivity (Wildman–Crippen MR) is 62.1 cm³/mol. The SMILES string of the molecule is C/C=C(/C(=O)OC)c1ccc(Cl)cc1Cl. The molecule has 0 saturated carbocycles. The number of hydrogen-bond acceptors (Lipinski definition) is 2. The highest BCUT2D eigenvalue weighted by atomic mass is 35.5. The Morgan fingerprint density at radius 1 is 1.40 bits per heavy atom. The van der Waals surface area contributed by atoms with Crippen molar-refractivity contribution >= 4 is 34.7 Å². The molecule has 1 aromatic carbocycles. The molecule has 0 aliphatic heterocycles. The molecule has 0 unspecified atom stereocenters. The third kappa shape index (κ3) is 2.74. The molecule has 1 rings (SSSR count). The summed E-state index contributed by atoms with van der Waals surface area (Å²) < 4.78 is 4.64. The molecule has 0 N–H and O–H groups in total. The number of allylic oxidation sites excluding steroid dienone is 1. The fraction of sp³-hybridized carbons (Fsp3) is 0.182. The van der Waals surface area contributed by atoms with Crippen LogP contribution in [0.25, 0.3) is 5.57 Å². The molecule has 4 heteroatoms. The molecule has 0 spiro atoms. The van der Waals surface area contributed by atoms with E-state index in [1.807, 2.05) is 0 Å². The van der Waals surface area contributed by atoms with Crippen LogP contribution in [0.1, 0.15) is 12.5 Å². The van der Waals surface area contributed by atoms with Crippen LogP contribution < -0.4 is 0 Å².